The van der Waals surface area contributed by atoms with Gasteiger partial charge in [-0.25, -0.2) is 13.1 Å². The zero-order valence-corrected chi connectivity index (χ0v) is 13.0. The van der Waals surface area contributed by atoms with Gasteiger partial charge in [-0.3, -0.25) is 5.84 Å². The lowest BCUT2D eigenvalue weighted by Crippen LogP contribution is -2.26. The Balaban J connectivity index is 2.82. The molecule has 0 amide bonds. The summed E-state index contributed by atoms with van der Waals surface area (Å²) in [6.45, 7) is 4.55. The fourth-order valence-corrected chi connectivity index (χ4v) is 3.63. The lowest BCUT2D eigenvalue weighted by atomic mass is 10.1. The van der Waals surface area contributed by atoms with E-state index in [1.54, 1.807) is 33.1 Å². The van der Waals surface area contributed by atoms with Crippen LogP contribution in [0.2, 0.25) is 0 Å². The summed E-state index contributed by atoms with van der Waals surface area (Å²) >= 11 is 0. The molecule has 1 aromatic rings. The number of nitrogen functional groups attached to an aromatic ring is 1. The van der Waals surface area contributed by atoms with Crippen LogP contribution in [-0.4, -0.2) is 28.7 Å². The minimum absolute atomic E-state index is 0.322. The standard InChI is InChI=1S/C13H23N3O3S/c1-10-8-12(16-14)9-11(2)13(10)20(17,18)15-6-4-5-7-19-3/h8-9,15-16H,4-7,14H2,1-3H3. The van der Waals surface area contributed by atoms with E-state index in [0.29, 0.717) is 34.9 Å². The molecule has 6 nitrogen and oxygen atoms in total. The maximum Gasteiger partial charge on any atom is 0.241 e. The molecule has 0 aliphatic rings. The van der Waals surface area contributed by atoms with Crippen LogP contribution in [0.4, 0.5) is 5.69 Å². The predicted octanol–water partition coefficient (Wildman–Crippen LogP) is 1.29. The quantitative estimate of drug-likeness (QED) is 0.382. The number of nitrogens with one attached hydrogen (secondary N) is 2. The zero-order valence-electron chi connectivity index (χ0n) is 12.2. The Bertz CT molecular complexity index is 521. The fourth-order valence-electron chi connectivity index (χ4n) is 2.11. The average Bonchev–Trinajstić information content (AvgIpc) is 2.37. The number of sulfonamides is 1. The molecule has 0 radical (unpaired) electrons. The van der Waals surface area contributed by atoms with E-state index in [2.05, 4.69) is 10.1 Å². The van der Waals surface area contributed by atoms with Crippen LogP contribution in [0.5, 0.6) is 0 Å². The van der Waals surface area contributed by atoms with Crippen molar-refractivity contribution in [1.82, 2.24) is 4.72 Å². The van der Waals surface area contributed by atoms with Crippen molar-refractivity contribution in [3.05, 3.63) is 23.3 Å². The molecule has 0 bridgehead atoms. The number of methoxy groups -OCH3 is 1. The lowest BCUT2D eigenvalue weighted by Gasteiger charge is -2.14. The molecule has 4 N–H and O–H groups in total. The molecule has 0 spiro atoms. The number of hydrogen-bond donors (Lipinski definition) is 3. The average molecular weight is 301 g/mol. The highest BCUT2D eigenvalue weighted by atomic mass is 32.2. The SMILES string of the molecule is COCCCCNS(=O)(=O)c1c(C)cc(NN)cc1C. The Labute approximate surface area is 120 Å². The number of aryl methyl sites for hydroxylation is 2. The number of hydrogen-bond acceptors (Lipinski definition) is 5. The van der Waals surface area contributed by atoms with Crippen LogP contribution in [0.15, 0.2) is 17.0 Å². The van der Waals surface area contributed by atoms with Crippen molar-refractivity contribution in [3.63, 3.8) is 0 Å². The summed E-state index contributed by atoms with van der Waals surface area (Å²) in [4.78, 5) is 0.322. The molecule has 0 saturated heterocycles. The van der Waals surface area contributed by atoms with Crippen LogP contribution < -0.4 is 16.0 Å². The van der Waals surface area contributed by atoms with Gasteiger partial charge >= 0.3 is 0 Å². The molecule has 114 valence electrons. The molecule has 0 aromatic heterocycles. The fraction of sp³-hybridized carbons (Fsp3) is 0.538. The minimum atomic E-state index is -3.49. The second-order valence-electron chi connectivity index (χ2n) is 4.68. The minimum Gasteiger partial charge on any atom is -0.385 e. The van der Waals surface area contributed by atoms with Gasteiger partial charge in [-0.15, -0.1) is 0 Å². The van der Waals surface area contributed by atoms with Crippen molar-refractivity contribution in [2.24, 2.45) is 5.84 Å². The maximum absolute atomic E-state index is 12.3. The van der Waals surface area contributed by atoms with E-state index in [9.17, 15) is 8.42 Å². The zero-order chi connectivity index (χ0) is 15.2. The number of rotatable bonds is 8. The third-order valence-corrected chi connectivity index (χ3v) is 4.73. The molecule has 7 heteroatoms. The molecule has 0 aliphatic carbocycles. The van der Waals surface area contributed by atoms with Gasteiger partial charge in [-0.05, 0) is 49.9 Å². The van der Waals surface area contributed by atoms with E-state index in [1.807, 2.05) is 0 Å². The summed E-state index contributed by atoms with van der Waals surface area (Å²) in [6.07, 6.45) is 1.57. The number of nitrogens with two attached hydrogens (primary N) is 1. The lowest BCUT2D eigenvalue weighted by molar-refractivity contribution is 0.193. The highest BCUT2D eigenvalue weighted by Gasteiger charge is 2.19. The van der Waals surface area contributed by atoms with Crippen LogP contribution in [0.25, 0.3) is 0 Å². The first-order chi connectivity index (χ1) is 9.42. The predicted molar refractivity (Wildman–Crippen MR) is 80.0 cm³/mol. The molecule has 20 heavy (non-hydrogen) atoms. The number of ether oxygens (including phenoxy) is 1. The Kier molecular flexibility index (Phi) is 6.41. The summed E-state index contributed by atoms with van der Waals surface area (Å²) in [6, 6.07) is 3.43. The number of hydrazine groups is 1. The molecule has 0 atom stereocenters. The summed E-state index contributed by atoms with van der Waals surface area (Å²) < 4.78 is 32.2. The van der Waals surface area contributed by atoms with Gasteiger partial charge in [0.1, 0.15) is 0 Å². The van der Waals surface area contributed by atoms with E-state index in [0.717, 1.165) is 12.8 Å². The summed E-state index contributed by atoms with van der Waals surface area (Å²) in [5.41, 5.74) is 4.56. The number of anilines is 1. The van der Waals surface area contributed by atoms with Crippen LogP contribution in [-0.2, 0) is 14.8 Å². The maximum atomic E-state index is 12.3. The van der Waals surface area contributed by atoms with Crippen molar-refractivity contribution in [1.29, 1.82) is 0 Å². The molecule has 1 aromatic carbocycles. The number of benzene rings is 1. The molecule has 0 saturated carbocycles. The van der Waals surface area contributed by atoms with E-state index in [1.165, 1.54) is 0 Å². The first kappa shape index (κ1) is 16.9. The number of unbranched alkanes of at least 4 members (excludes halogenated alkanes) is 1. The van der Waals surface area contributed by atoms with E-state index < -0.39 is 10.0 Å². The van der Waals surface area contributed by atoms with Gasteiger partial charge in [-0.2, -0.15) is 0 Å². The topological polar surface area (TPSA) is 93.4 Å². The molecule has 0 fully saturated rings. The van der Waals surface area contributed by atoms with E-state index in [-0.39, 0.29) is 0 Å². The summed E-state index contributed by atoms with van der Waals surface area (Å²) in [7, 11) is -1.86. The molecule has 0 unspecified atom stereocenters. The molecular formula is C13H23N3O3S. The van der Waals surface area contributed by atoms with Gasteiger partial charge in [0, 0.05) is 25.9 Å². The van der Waals surface area contributed by atoms with Crippen molar-refractivity contribution < 1.29 is 13.2 Å². The van der Waals surface area contributed by atoms with Gasteiger partial charge in [-0.1, -0.05) is 0 Å². The second kappa shape index (κ2) is 7.58. The second-order valence-corrected chi connectivity index (χ2v) is 6.38. The first-order valence-corrected chi connectivity index (χ1v) is 7.97. The van der Waals surface area contributed by atoms with Gasteiger partial charge in [0.05, 0.1) is 4.90 Å². The Morgan fingerprint density at radius 3 is 2.30 bits per heavy atom. The smallest absolute Gasteiger partial charge is 0.241 e. The summed E-state index contributed by atoms with van der Waals surface area (Å²) in [5.74, 6) is 5.35. The first-order valence-electron chi connectivity index (χ1n) is 6.49. The van der Waals surface area contributed by atoms with Crippen LogP contribution >= 0.6 is 0 Å². The van der Waals surface area contributed by atoms with Crippen molar-refractivity contribution >= 4 is 15.7 Å². The van der Waals surface area contributed by atoms with Gasteiger partial charge in [0.15, 0.2) is 0 Å². The normalized spacial score (nSPS) is 11.6. The van der Waals surface area contributed by atoms with Crippen molar-refractivity contribution in [2.75, 3.05) is 25.7 Å². The highest BCUT2D eigenvalue weighted by Crippen LogP contribution is 2.23. The van der Waals surface area contributed by atoms with Crippen molar-refractivity contribution in [3.8, 4) is 0 Å². The third kappa shape index (κ3) is 4.45. The molecule has 0 heterocycles. The molecular weight excluding hydrogens is 278 g/mol. The molecule has 0 aliphatic heterocycles. The third-order valence-electron chi connectivity index (χ3n) is 2.96. The highest BCUT2D eigenvalue weighted by molar-refractivity contribution is 7.89. The Morgan fingerprint density at radius 2 is 1.80 bits per heavy atom. The molecule has 1 rings (SSSR count). The Hall–Kier alpha value is -1.15. The van der Waals surface area contributed by atoms with Crippen molar-refractivity contribution in [2.45, 2.75) is 31.6 Å². The van der Waals surface area contributed by atoms with Gasteiger partial charge in [0.2, 0.25) is 10.0 Å². The van der Waals surface area contributed by atoms with E-state index in [4.69, 9.17) is 10.6 Å². The monoisotopic (exact) mass is 301 g/mol. The Morgan fingerprint density at radius 1 is 1.20 bits per heavy atom. The van der Waals surface area contributed by atoms with Gasteiger partial charge in [0.25, 0.3) is 0 Å². The summed E-state index contributed by atoms with van der Waals surface area (Å²) in [5, 5.41) is 0. The van der Waals surface area contributed by atoms with Gasteiger partial charge < -0.3 is 10.2 Å². The van der Waals surface area contributed by atoms with E-state index >= 15 is 0 Å². The van der Waals surface area contributed by atoms with Crippen LogP contribution in [0.1, 0.15) is 24.0 Å². The van der Waals surface area contributed by atoms with Crippen LogP contribution in [0, 0.1) is 13.8 Å². The largest absolute Gasteiger partial charge is 0.385 e. The van der Waals surface area contributed by atoms with Crippen LogP contribution in [0.3, 0.4) is 0 Å².